The first-order valence-electron chi connectivity index (χ1n) is 9.85. The van der Waals surface area contributed by atoms with Crippen molar-refractivity contribution in [2.75, 3.05) is 0 Å². The van der Waals surface area contributed by atoms with Gasteiger partial charge in [-0.15, -0.1) is 0 Å². The number of nitrogens with zero attached hydrogens (tertiary/aromatic N) is 1. The minimum atomic E-state index is 0.368. The molecule has 1 heterocycles. The standard InChI is InChI=1S/C25H26N2O/c1-15(2)17-10-7-11-18(16(3)4)23(17)27-25(26)21-13-8-12-20-19-9-5-6-14-22(19)28-24(20)21/h5-16H,1-4H3,(H2,26,27). The number of para-hydroxylation sites is 3. The van der Waals surface area contributed by atoms with Crippen LogP contribution in [0.5, 0.6) is 0 Å². The van der Waals surface area contributed by atoms with Crippen LogP contribution in [0.3, 0.4) is 0 Å². The van der Waals surface area contributed by atoms with Crippen LogP contribution in [0.1, 0.15) is 56.2 Å². The number of fused-ring (bicyclic) bond motifs is 3. The van der Waals surface area contributed by atoms with Crippen LogP contribution in [0.25, 0.3) is 21.9 Å². The molecule has 0 bridgehead atoms. The number of furan rings is 1. The van der Waals surface area contributed by atoms with E-state index in [4.69, 9.17) is 15.1 Å². The summed E-state index contributed by atoms with van der Waals surface area (Å²) in [6.45, 7) is 8.76. The Bertz CT molecular complexity index is 1160. The average Bonchev–Trinajstić information content (AvgIpc) is 3.06. The Morgan fingerprint density at radius 2 is 1.39 bits per heavy atom. The van der Waals surface area contributed by atoms with Gasteiger partial charge in [0.25, 0.3) is 0 Å². The Hall–Kier alpha value is -3.07. The molecule has 0 aliphatic heterocycles. The fourth-order valence-corrected chi connectivity index (χ4v) is 3.77. The zero-order valence-corrected chi connectivity index (χ0v) is 16.9. The van der Waals surface area contributed by atoms with Gasteiger partial charge >= 0.3 is 0 Å². The first-order valence-corrected chi connectivity index (χ1v) is 9.85. The van der Waals surface area contributed by atoms with Crippen LogP contribution in [-0.4, -0.2) is 5.84 Å². The van der Waals surface area contributed by atoms with Gasteiger partial charge in [0.15, 0.2) is 0 Å². The van der Waals surface area contributed by atoms with Gasteiger partial charge < -0.3 is 10.2 Å². The molecule has 0 unspecified atom stereocenters. The molecule has 142 valence electrons. The van der Waals surface area contributed by atoms with Gasteiger partial charge in [-0.1, -0.05) is 76.2 Å². The highest BCUT2D eigenvalue weighted by atomic mass is 16.3. The van der Waals surface area contributed by atoms with Crippen LogP contribution in [0.2, 0.25) is 0 Å². The van der Waals surface area contributed by atoms with Gasteiger partial charge in [-0.25, -0.2) is 4.99 Å². The normalized spacial score (nSPS) is 12.6. The highest BCUT2D eigenvalue weighted by Gasteiger charge is 2.16. The molecule has 2 N–H and O–H groups in total. The predicted molar refractivity (Wildman–Crippen MR) is 119 cm³/mol. The van der Waals surface area contributed by atoms with Crippen LogP contribution in [0.4, 0.5) is 5.69 Å². The SMILES string of the molecule is CC(C)c1cccc(C(C)C)c1N=C(N)c1cccc2c1oc1ccccc12. The summed E-state index contributed by atoms with van der Waals surface area (Å²) < 4.78 is 6.14. The van der Waals surface area contributed by atoms with Gasteiger partial charge in [0.2, 0.25) is 0 Å². The van der Waals surface area contributed by atoms with Crippen LogP contribution in [0, 0.1) is 0 Å². The third-order valence-electron chi connectivity index (χ3n) is 5.25. The molecule has 0 atom stereocenters. The summed E-state index contributed by atoms with van der Waals surface area (Å²) in [4.78, 5) is 4.93. The molecule has 0 aliphatic rings. The molecule has 3 nitrogen and oxygen atoms in total. The van der Waals surface area contributed by atoms with Crippen molar-refractivity contribution in [2.24, 2.45) is 10.7 Å². The second kappa shape index (κ2) is 7.16. The third kappa shape index (κ3) is 3.07. The number of nitrogens with two attached hydrogens (primary N) is 1. The van der Waals surface area contributed by atoms with Crippen molar-refractivity contribution in [1.29, 1.82) is 0 Å². The summed E-state index contributed by atoms with van der Waals surface area (Å²) in [5.41, 5.74) is 12.4. The molecular weight excluding hydrogens is 344 g/mol. The summed E-state index contributed by atoms with van der Waals surface area (Å²) in [5.74, 6) is 1.22. The van der Waals surface area contributed by atoms with E-state index in [0.717, 1.165) is 33.2 Å². The van der Waals surface area contributed by atoms with E-state index in [1.54, 1.807) is 0 Å². The maximum Gasteiger partial charge on any atom is 0.146 e. The van der Waals surface area contributed by atoms with E-state index in [1.165, 1.54) is 11.1 Å². The summed E-state index contributed by atoms with van der Waals surface area (Å²) in [7, 11) is 0. The second-order valence-electron chi connectivity index (χ2n) is 7.87. The van der Waals surface area contributed by atoms with Crippen molar-refractivity contribution < 1.29 is 4.42 Å². The fraction of sp³-hybridized carbons (Fsp3) is 0.240. The highest BCUT2D eigenvalue weighted by Crippen LogP contribution is 2.36. The minimum absolute atomic E-state index is 0.368. The zero-order chi connectivity index (χ0) is 19.8. The van der Waals surface area contributed by atoms with E-state index in [0.29, 0.717) is 17.7 Å². The van der Waals surface area contributed by atoms with Crippen molar-refractivity contribution in [3.63, 3.8) is 0 Å². The average molecular weight is 370 g/mol. The lowest BCUT2D eigenvalue weighted by molar-refractivity contribution is 0.668. The molecule has 28 heavy (non-hydrogen) atoms. The van der Waals surface area contributed by atoms with Crippen molar-refractivity contribution in [3.05, 3.63) is 77.4 Å². The van der Waals surface area contributed by atoms with Crippen LogP contribution < -0.4 is 5.73 Å². The van der Waals surface area contributed by atoms with E-state index in [9.17, 15) is 0 Å². The molecule has 3 heteroatoms. The number of benzene rings is 3. The molecule has 4 rings (SSSR count). The largest absolute Gasteiger partial charge is 0.455 e. The van der Waals surface area contributed by atoms with Gasteiger partial charge in [-0.3, -0.25) is 0 Å². The Morgan fingerprint density at radius 1 is 0.786 bits per heavy atom. The van der Waals surface area contributed by atoms with E-state index in [-0.39, 0.29) is 0 Å². The first kappa shape index (κ1) is 18.3. The lowest BCUT2D eigenvalue weighted by Crippen LogP contribution is -2.13. The minimum Gasteiger partial charge on any atom is -0.455 e. The number of amidine groups is 1. The quantitative estimate of drug-likeness (QED) is 0.315. The number of hydrogen-bond acceptors (Lipinski definition) is 2. The van der Waals surface area contributed by atoms with Crippen molar-refractivity contribution in [1.82, 2.24) is 0 Å². The van der Waals surface area contributed by atoms with Gasteiger partial charge in [0.1, 0.15) is 17.0 Å². The van der Waals surface area contributed by atoms with Gasteiger partial charge in [-0.2, -0.15) is 0 Å². The molecule has 0 saturated carbocycles. The molecule has 3 aromatic carbocycles. The zero-order valence-electron chi connectivity index (χ0n) is 16.9. The van der Waals surface area contributed by atoms with Crippen LogP contribution in [-0.2, 0) is 0 Å². The van der Waals surface area contributed by atoms with E-state index in [2.05, 4.69) is 58.0 Å². The molecule has 0 radical (unpaired) electrons. The smallest absolute Gasteiger partial charge is 0.146 e. The van der Waals surface area contributed by atoms with Crippen molar-refractivity contribution in [3.8, 4) is 0 Å². The van der Waals surface area contributed by atoms with E-state index in [1.807, 2.05) is 30.3 Å². The lowest BCUT2D eigenvalue weighted by Gasteiger charge is -2.17. The maximum atomic E-state index is 6.54. The molecule has 0 aliphatic carbocycles. The molecular formula is C25H26N2O. The topological polar surface area (TPSA) is 51.5 Å². The molecule has 1 aromatic heterocycles. The number of aliphatic imine (C=N–C) groups is 1. The summed E-state index contributed by atoms with van der Waals surface area (Å²) in [6.07, 6.45) is 0. The Balaban J connectivity index is 1.94. The highest BCUT2D eigenvalue weighted by molar-refractivity contribution is 6.14. The second-order valence-corrected chi connectivity index (χ2v) is 7.87. The Kier molecular flexibility index (Phi) is 4.68. The van der Waals surface area contributed by atoms with E-state index >= 15 is 0 Å². The number of hydrogen-bond donors (Lipinski definition) is 1. The Morgan fingerprint density at radius 3 is 2.07 bits per heavy atom. The van der Waals surface area contributed by atoms with Gasteiger partial charge in [0.05, 0.1) is 11.3 Å². The number of rotatable bonds is 4. The maximum absolute atomic E-state index is 6.54. The summed E-state index contributed by atoms with van der Waals surface area (Å²) in [5, 5.41) is 2.16. The molecule has 0 spiro atoms. The van der Waals surface area contributed by atoms with Crippen molar-refractivity contribution in [2.45, 2.75) is 39.5 Å². The third-order valence-corrected chi connectivity index (χ3v) is 5.25. The van der Waals surface area contributed by atoms with Crippen molar-refractivity contribution >= 4 is 33.5 Å². The monoisotopic (exact) mass is 370 g/mol. The van der Waals surface area contributed by atoms with E-state index < -0.39 is 0 Å². The van der Waals surface area contributed by atoms with Gasteiger partial charge in [0, 0.05) is 10.8 Å². The summed E-state index contributed by atoms with van der Waals surface area (Å²) >= 11 is 0. The van der Waals surface area contributed by atoms with Crippen LogP contribution in [0.15, 0.2) is 70.1 Å². The molecule has 4 aromatic rings. The Labute approximate surface area is 165 Å². The predicted octanol–water partition coefficient (Wildman–Crippen LogP) is 6.87. The molecule has 0 fully saturated rings. The first-order chi connectivity index (χ1) is 13.5. The summed E-state index contributed by atoms with van der Waals surface area (Å²) in [6, 6.07) is 20.5. The fourth-order valence-electron chi connectivity index (χ4n) is 3.77. The molecule has 0 saturated heterocycles. The van der Waals surface area contributed by atoms with Crippen LogP contribution >= 0.6 is 0 Å². The van der Waals surface area contributed by atoms with Gasteiger partial charge in [-0.05, 0) is 35.1 Å². The lowest BCUT2D eigenvalue weighted by atomic mass is 9.93. The molecule has 0 amide bonds.